The van der Waals surface area contributed by atoms with E-state index in [1.165, 1.54) is 4.80 Å². The number of aliphatic hydroxyl groups is 1. The predicted octanol–water partition coefficient (Wildman–Crippen LogP) is 2.00. The summed E-state index contributed by atoms with van der Waals surface area (Å²) in [4.78, 5) is 11.2. The van der Waals surface area contributed by atoms with Crippen LogP contribution >= 0.6 is 0 Å². The molecule has 134 valence electrons. The lowest BCUT2D eigenvalue weighted by Gasteiger charge is -2.08. The highest BCUT2D eigenvalue weighted by Gasteiger charge is 2.15. The van der Waals surface area contributed by atoms with Gasteiger partial charge in [0.2, 0.25) is 0 Å². The minimum absolute atomic E-state index is 0.0627. The molecule has 8 nitrogen and oxygen atoms in total. The highest BCUT2D eigenvalue weighted by Crippen LogP contribution is 2.28. The maximum absolute atomic E-state index is 10.3. The summed E-state index contributed by atoms with van der Waals surface area (Å²) in [5.74, 6) is -0.200. The van der Waals surface area contributed by atoms with Crippen LogP contribution in [0, 0.1) is 11.3 Å². The van der Waals surface area contributed by atoms with Crippen molar-refractivity contribution in [3.8, 4) is 17.5 Å². The Bertz CT molecular complexity index is 962. The Hall–Kier alpha value is -2.99. The number of nitriles is 1. The van der Waals surface area contributed by atoms with Crippen LogP contribution in [0.5, 0.6) is 5.75 Å². The number of nitrogens with zero attached hydrogens (tertiary/aromatic N) is 4. The Morgan fingerprint density at radius 3 is 2.65 bits per heavy atom. The van der Waals surface area contributed by atoms with Crippen LogP contribution in [0.4, 0.5) is 0 Å². The third-order valence-electron chi connectivity index (χ3n) is 3.76. The average Bonchev–Trinajstić information content (AvgIpc) is 3.06. The Morgan fingerprint density at radius 2 is 1.92 bits per heavy atom. The molecular weight excluding hydrogens is 336 g/mol. The van der Waals surface area contributed by atoms with Gasteiger partial charge in [-0.3, -0.25) is 0 Å². The summed E-state index contributed by atoms with van der Waals surface area (Å²) in [5.41, 5.74) is 3.23. The summed E-state index contributed by atoms with van der Waals surface area (Å²) in [5, 5.41) is 37.4. The zero-order valence-electron chi connectivity index (χ0n) is 14.2. The standard InChI is InChI=1S/C18H18N4O4/c1-2-25-26-11-13-3-4-15-16(8-13)21-22(20-15)17-9-12(5-6-23)7-14(10-19)18(17)24/h3-4,7-9,23-24H,2,5-6,11H2,1H3. The molecule has 2 aromatic carbocycles. The molecule has 0 amide bonds. The van der Waals surface area contributed by atoms with Gasteiger partial charge in [0.15, 0.2) is 5.75 Å². The molecule has 0 aliphatic rings. The van der Waals surface area contributed by atoms with Crippen LogP contribution in [-0.2, 0) is 22.8 Å². The molecular formula is C18H18N4O4. The van der Waals surface area contributed by atoms with Gasteiger partial charge in [0.1, 0.15) is 29.4 Å². The average molecular weight is 354 g/mol. The van der Waals surface area contributed by atoms with Crippen molar-refractivity contribution in [1.29, 1.82) is 5.26 Å². The van der Waals surface area contributed by atoms with Gasteiger partial charge in [-0.1, -0.05) is 6.07 Å². The lowest BCUT2D eigenvalue weighted by atomic mass is 10.1. The van der Waals surface area contributed by atoms with Crippen molar-refractivity contribution in [2.75, 3.05) is 13.2 Å². The smallest absolute Gasteiger partial charge is 0.160 e. The van der Waals surface area contributed by atoms with Gasteiger partial charge >= 0.3 is 0 Å². The molecule has 1 aromatic heterocycles. The SMILES string of the molecule is CCOOCc1ccc2nn(-c3cc(CCO)cc(C#N)c3O)nc2c1. The van der Waals surface area contributed by atoms with E-state index in [0.717, 1.165) is 5.56 Å². The van der Waals surface area contributed by atoms with Crippen LogP contribution < -0.4 is 0 Å². The molecule has 0 aliphatic carbocycles. The topological polar surface area (TPSA) is 113 Å². The monoisotopic (exact) mass is 354 g/mol. The van der Waals surface area contributed by atoms with Crippen molar-refractivity contribution in [1.82, 2.24) is 15.0 Å². The van der Waals surface area contributed by atoms with Crippen LogP contribution in [0.25, 0.3) is 16.7 Å². The Kier molecular flexibility index (Phi) is 5.43. The second-order valence-corrected chi connectivity index (χ2v) is 5.58. The quantitative estimate of drug-likeness (QED) is 0.379. The summed E-state index contributed by atoms with van der Waals surface area (Å²) in [6.07, 6.45) is 0.363. The first-order valence-electron chi connectivity index (χ1n) is 8.14. The molecule has 0 radical (unpaired) electrons. The summed E-state index contributed by atoms with van der Waals surface area (Å²) in [6.45, 7) is 2.52. The Morgan fingerprint density at radius 1 is 1.12 bits per heavy atom. The number of hydrogen-bond acceptors (Lipinski definition) is 7. The number of phenolic OH excluding ortho intramolecular Hbond substituents is 1. The number of fused-ring (bicyclic) bond motifs is 1. The second kappa shape index (κ2) is 7.93. The summed E-state index contributed by atoms with van der Waals surface area (Å²) >= 11 is 0. The maximum Gasteiger partial charge on any atom is 0.160 e. The van der Waals surface area contributed by atoms with Crippen LogP contribution in [0.2, 0.25) is 0 Å². The largest absolute Gasteiger partial charge is 0.504 e. The molecule has 0 unspecified atom stereocenters. The molecule has 3 rings (SSSR count). The Balaban J connectivity index is 2.00. The minimum Gasteiger partial charge on any atom is -0.504 e. The fraction of sp³-hybridized carbons (Fsp3) is 0.278. The van der Waals surface area contributed by atoms with E-state index in [0.29, 0.717) is 29.6 Å². The van der Waals surface area contributed by atoms with Gasteiger partial charge in [-0.05, 0) is 48.7 Å². The van der Waals surface area contributed by atoms with E-state index in [1.54, 1.807) is 18.2 Å². The van der Waals surface area contributed by atoms with E-state index < -0.39 is 0 Å². The normalized spacial score (nSPS) is 11.0. The number of aromatic hydroxyl groups is 1. The van der Waals surface area contributed by atoms with E-state index in [2.05, 4.69) is 10.2 Å². The molecule has 1 heterocycles. The van der Waals surface area contributed by atoms with Gasteiger partial charge in [-0.25, -0.2) is 9.78 Å². The fourth-order valence-corrected chi connectivity index (χ4v) is 2.54. The number of aromatic nitrogens is 3. The molecule has 2 N–H and O–H groups in total. The van der Waals surface area contributed by atoms with Crippen molar-refractivity contribution >= 4 is 11.0 Å². The Labute approximate surface area is 149 Å². The van der Waals surface area contributed by atoms with E-state index in [1.807, 2.05) is 25.1 Å². The van der Waals surface area contributed by atoms with E-state index in [-0.39, 0.29) is 30.2 Å². The van der Waals surface area contributed by atoms with Crippen molar-refractivity contribution in [2.45, 2.75) is 20.0 Å². The first kappa shape index (κ1) is 17.8. The predicted molar refractivity (Wildman–Crippen MR) is 92.4 cm³/mol. The van der Waals surface area contributed by atoms with Gasteiger partial charge in [0, 0.05) is 6.61 Å². The second-order valence-electron chi connectivity index (χ2n) is 5.58. The highest BCUT2D eigenvalue weighted by atomic mass is 17.2. The third kappa shape index (κ3) is 3.65. The zero-order valence-corrected chi connectivity index (χ0v) is 14.2. The minimum atomic E-state index is -0.200. The molecule has 0 aliphatic heterocycles. The highest BCUT2D eigenvalue weighted by molar-refractivity contribution is 5.75. The van der Waals surface area contributed by atoms with Crippen molar-refractivity contribution < 1.29 is 20.0 Å². The molecule has 0 spiro atoms. The number of rotatable bonds is 7. The van der Waals surface area contributed by atoms with Crippen LogP contribution in [0.3, 0.4) is 0 Å². The maximum atomic E-state index is 10.3. The van der Waals surface area contributed by atoms with Crippen molar-refractivity contribution in [3.05, 3.63) is 47.0 Å². The molecule has 0 saturated heterocycles. The van der Waals surface area contributed by atoms with Gasteiger partial charge in [-0.15, -0.1) is 15.0 Å². The molecule has 3 aromatic rings. The molecule has 0 fully saturated rings. The number of benzene rings is 2. The summed E-state index contributed by atoms with van der Waals surface area (Å²) in [7, 11) is 0. The first-order chi connectivity index (χ1) is 12.7. The van der Waals surface area contributed by atoms with E-state index in [4.69, 9.17) is 14.9 Å². The summed E-state index contributed by atoms with van der Waals surface area (Å²) < 4.78 is 0. The third-order valence-corrected chi connectivity index (χ3v) is 3.76. The van der Waals surface area contributed by atoms with Gasteiger partial charge < -0.3 is 10.2 Å². The zero-order chi connectivity index (χ0) is 18.5. The van der Waals surface area contributed by atoms with Crippen LogP contribution in [0.15, 0.2) is 30.3 Å². The van der Waals surface area contributed by atoms with Crippen molar-refractivity contribution in [2.24, 2.45) is 0 Å². The lowest BCUT2D eigenvalue weighted by molar-refractivity contribution is -0.300. The van der Waals surface area contributed by atoms with Crippen LogP contribution in [0.1, 0.15) is 23.6 Å². The summed E-state index contributed by atoms with van der Waals surface area (Å²) in [6, 6.07) is 10.6. The lowest BCUT2D eigenvalue weighted by Crippen LogP contribution is -2.02. The van der Waals surface area contributed by atoms with Gasteiger partial charge in [0.25, 0.3) is 0 Å². The van der Waals surface area contributed by atoms with E-state index >= 15 is 0 Å². The fourth-order valence-electron chi connectivity index (χ4n) is 2.54. The number of phenols is 1. The van der Waals surface area contributed by atoms with Crippen LogP contribution in [-0.4, -0.2) is 38.4 Å². The van der Waals surface area contributed by atoms with Gasteiger partial charge in [0.05, 0.1) is 12.2 Å². The van der Waals surface area contributed by atoms with E-state index in [9.17, 15) is 10.4 Å². The first-order valence-corrected chi connectivity index (χ1v) is 8.14. The van der Waals surface area contributed by atoms with Crippen molar-refractivity contribution in [3.63, 3.8) is 0 Å². The molecule has 0 atom stereocenters. The van der Waals surface area contributed by atoms with Gasteiger partial charge in [-0.2, -0.15) is 5.26 Å². The molecule has 26 heavy (non-hydrogen) atoms. The molecule has 8 heteroatoms. The number of hydrogen-bond donors (Lipinski definition) is 2. The molecule has 0 saturated carbocycles. The molecule has 0 bridgehead atoms. The number of aliphatic hydroxyl groups excluding tert-OH is 1.